The van der Waals surface area contributed by atoms with Crippen LogP contribution in [-0.4, -0.2) is 33.8 Å². The number of carboxylic acid groups (broad SMARTS) is 1. The van der Waals surface area contributed by atoms with Crippen LogP contribution in [0.1, 0.15) is 31.7 Å². The maximum absolute atomic E-state index is 12.2. The standard InChI is InChI=1S/C22H23NO4/c1-15(22(26)27)13-19(23-20(24)11-12-21(23)25)14-16-7-9-18(10-8-16)17-5-3-2-4-6-17/h2-10,15,19H,11-14H2,1H3,(H,26,27)/t15-,19+/m1/s1. The highest BCUT2D eigenvalue weighted by atomic mass is 16.4. The Morgan fingerprint density at radius 1 is 0.963 bits per heavy atom. The van der Waals surface area contributed by atoms with Crippen molar-refractivity contribution in [2.75, 3.05) is 0 Å². The highest BCUT2D eigenvalue weighted by Crippen LogP contribution is 2.25. The molecule has 5 heteroatoms. The van der Waals surface area contributed by atoms with E-state index in [1.807, 2.05) is 54.6 Å². The lowest BCUT2D eigenvalue weighted by Crippen LogP contribution is -2.42. The van der Waals surface area contributed by atoms with Gasteiger partial charge in [0.2, 0.25) is 11.8 Å². The van der Waals surface area contributed by atoms with Crippen molar-refractivity contribution in [3.8, 4) is 11.1 Å². The van der Waals surface area contributed by atoms with Gasteiger partial charge in [0.15, 0.2) is 0 Å². The summed E-state index contributed by atoms with van der Waals surface area (Å²) in [7, 11) is 0. The Balaban J connectivity index is 1.80. The molecule has 2 amide bonds. The van der Waals surface area contributed by atoms with E-state index in [0.29, 0.717) is 6.42 Å². The van der Waals surface area contributed by atoms with Gasteiger partial charge in [0, 0.05) is 18.9 Å². The van der Waals surface area contributed by atoms with Gasteiger partial charge in [-0.2, -0.15) is 0 Å². The number of carboxylic acids is 1. The number of hydrogen-bond donors (Lipinski definition) is 1. The van der Waals surface area contributed by atoms with Crippen LogP contribution in [0.2, 0.25) is 0 Å². The van der Waals surface area contributed by atoms with Crippen molar-refractivity contribution in [2.24, 2.45) is 5.92 Å². The average Bonchev–Trinajstić information content (AvgIpc) is 3.00. The van der Waals surface area contributed by atoms with Gasteiger partial charge in [-0.3, -0.25) is 19.3 Å². The molecule has 1 aliphatic rings. The van der Waals surface area contributed by atoms with Crippen molar-refractivity contribution in [1.29, 1.82) is 0 Å². The zero-order valence-electron chi connectivity index (χ0n) is 15.3. The number of rotatable bonds is 7. The zero-order chi connectivity index (χ0) is 19.4. The van der Waals surface area contributed by atoms with Crippen LogP contribution in [-0.2, 0) is 20.8 Å². The molecule has 2 aromatic rings. The van der Waals surface area contributed by atoms with E-state index in [-0.39, 0.29) is 31.1 Å². The monoisotopic (exact) mass is 365 g/mol. The summed E-state index contributed by atoms with van der Waals surface area (Å²) in [6.07, 6.45) is 1.14. The summed E-state index contributed by atoms with van der Waals surface area (Å²) in [5.41, 5.74) is 3.18. The van der Waals surface area contributed by atoms with E-state index >= 15 is 0 Å². The van der Waals surface area contributed by atoms with Crippen LogP contribution in [0.5, 0.6) is 0 Å². The van der Waals surface area contributed by atoms with Crippen LogP contribution >= 0.6 is 0 Å². The van der Waals surface area contributed by atoms with Gasteiger partial charge in [0.05, 0.1) is 5.92 Å². The molecule has 5 nitrogen and oxygen atoms in total. The molecule has 2 atom stereocenters. The lowest BCUT2D eigenvalue weighted by atomic mass is 9.94. The highest BCUT2D eigenvalue weighted by molar-refractivity contribution is 6.02. The third kappa shape index (κ3) is 4.42. The maximum atomic E-state index is 12.2. The molecule has 0 spiro atoms. The summed E-state index contributed by atoms with van der Waals surface area (Å²) in [5.74, 6) is -1.95. The van der Waals surface area contributed by atoms with E-state index in [4.69, 9.17) is 0 Å². The predicted molar refractivity (Wildman–Crippen MR) is 102 cm³/mol. The van der Waals surface area contributed by atoms with Gasteiger partial charge in [-0.15, -0.1) is 0 Å². The van der Waals surface area contributed by atoms with Crippen molar-refractivity contribution in [1.82, 2.24) is 4.90 Å². The molecule has 2 aromatic carbocycles. The minimum Gasteiger partial charge on any atom is -0.481 e. The molecule has 1 fully saturated rings. The Morgan fingerprint density at radius 2 is 1.52 bits per heavy atom. The van der Waals surface area contributed by atoms with Crippen molar-refractivity contribution in [2.45, 2.75) is 38.6 Å². The topological polar surface area (TPSA) is 74.7 Å². The molecule has 3 rings (SSSR count). The van der Waals surface area contributed by atoms with Crippen molar-refractivity contribution in [3.05, 3.63) is 60.2 Å². The number of aliphatic carboxylic acids is 1. The van der Waals surface area contributed by atoms with Gasteiger partial charge in [0.1, 0.15) is 0 Å². The molecule has 0 unspecified atom stereocenters. The fourth-order valence-corrected chi connectivity index (χ4v) is 3.53. The first-order chi connectivity index (χ1) is 13.0. The maximum Gasteiger partial charge on any atom is 0.306 e. The van der Waals surface area contributed by atoms with Crippen LogP contribution in [0.4, 0.5) is 0 Å². The number of benzene rings is 2. The second-order valence-corrected chi connectivity index (χ2v) is 7.05. The summed E-state index contributed by atoms with van der Waals surface area (Å²) in [4.78, 5) is 36.9. The van der Waals surface area contributed by atoms with Crippen LogP contribution in [0.25, 0.3) is 11.1 Å². The van der Waals surface area contributed by atoms with E-state index in [0.717, 1.165) is 16.7 Å². The Morgan fingerprint density at radius 3 is 2.07 bits per heavy atom. The molecule has 0 radical (unpaired) electrons. The third-order valence-corrected chi connectivity index (χ3v) is 5.03. The first-order valence-electron chi connectivity index (χ1n) is 9.17. The van der Waals surface area contributed by atoms with Crippen molar-refractivity contribution < 1.29 is 19.5 Å². The number of carbonyl (C=O) groups is 3. The number of nitrogens with zero attached hydrogens (tertiary/aromatic N) is 1. The Kier molecular flexibility index (Phi) is 5.69. The molecule has 1 aliphatic heterocycles. The van der Waals surface area contributed by atoms with E-state index in [2.05, 4.69) is 0 Å². The Hall–Kier alpha value is -2.95. The van der Waals surface area contributed by atoms with Gasteiger partial charge in [-0.1, -0.05) is 61.5 Å². The van der Waals surface area contributed by atoms with Gasteiger partial charge in [-0.05, 0) is 29.5 Å². The molecule has 1 N–H and O–H groups in total. The SMILES string of the molecule is C[C@H](C[C@@H](Cc1ccc(-c2ccccc2)cc1)N1C(=O)CCC1=O)C(=O)O. The normalized spacial score (nSPS) is 16.4. The van der Waals surface area contributed by atoms with Crippen LogP contribution in [0.3, 0.4) is 0 Å². The lowest BCUT2D eigenvalue weighted by Gasteiger charge is -2.28. The van der Waals surface area contributed by atoms with Crippen molar-refractivity contribution in [3.63, 3.8) is 0 Å². The summed E-state index contributed by atoms with van der Waals surface area (Å²) >= 11 is 0. The van der Waals surface area contributed by atoms with E-state index in [1.165, 1.54) is 4.90 Å². The molecular weight excluding hydrogens is 342 g/mol. The van der Waals surface area contributed by atoms with Gasteiger partial charge in [-0.25, -0.2) is 0 Å². The Bertz CT molecular complexity index is 813. The summed E-state index contributed by atoms with van der Waals surface area (Å²) in [5, 5.41) is 9.25. The number of carbonyl (C=O) groups excluding carboxylic acids is 2. The summed E-state index contributed by atoms with van der Waals surface area (Å²) in [6.45, 7) is 1.61. The summed E-state index contributed by atoms with van der Waals surface area (Å²) < 4.78 is 0. The van der Waals surface area contributed by atoms with Gasteiger partial charge >= 0.3 is 5.97 Å². The molecule has 0 saturated carbocycles. The number of imide groups is 1. The molecule has 27 heavy (non-hydrogen) atoms. The van der Waals surface area contributed by atoms with E-state index < -0.39 is 17.9 Å². The zero-order valence-corrected chi connectivity index (χ0v) is 15.3. The quantitative estimate of drug-likeness (QED) is 0.762. The lowest BCUT2D eigenvalue weighted by molar-refractivity contribution is -0.146. The largest absolute Gasteiger partial charge is 0.481 e. The second-order valence-electron chi connectivity index (χ2n) is 7.05. The Labute approximate surface area is 158 Å². The van der Waals surface area contributed by atoms with E-state index in [1.54, 1.807) is 6.92 Å². The molecular formula is C22H23NO4. The fraction of sp³-hybridized carbons (Fsp3) is 0.318. The van der Waals surface area contributed by atoms with Crippen molar-refractivity contribution >= 4 is 17.8 Å². The first kappa shape index (κ1) is 18.8. The molecule has 1 heterocycles. The highest BCUT2D eigenvalue weighted by Gasteiger charge is 2.36. The molecule has 0 bridgehead atoms. The van der Waals surface area contributed by atoms with Crippen LogP contribution < -0.4 is 0 Å². The number of amides is 2. The molecule has 1 saturated heterocycles. The van der Waals surface area contributed by atoms with Gasteiger partial charge in [0.25, 0.3) is 0 Å². The van der Waals surface area contributed by atoms with Crippen LogP contribution in [0.15, 0.2) is 54.6 Å². The third-order valence-electron chi connectivity index (χ3n) is 5.03. The second kappa shape index (κ2) is 8.16. The molecule has 0 aliphatic carbocycles. The van der Waals surface area contributed by atoms with Crippen LogP contribution in [0, 0.1) is 5.92 Å². The summed E-state index contributed by atoms with van der Waals surface area (Å²) in [6, 6.07) is 17.6. The molecule has 0 aromatic heterocycles. The first-order valence-corrected chi connectivity index (χ1v) is 9.17. The smallest absolute Gasteiger partial charge is 0.306 e. The van der Waals surface area contributed by atoms with Gasteiger partial charge < -0.3 is 5.11 Å². The fourth-order valence-electron chi connectivity index (χ4n) is 3.53. The predicted octanol–water partition coefficient (Wildman–Crippen LogP) is 3.52. The number of hydrogen-bond acceptors (Lipinski definition) is 3. The van der Waals surface area contributed by atoms with E-state index in [9.17, 15) is 19.5 Å². The number of likely N-dealkylation sites (tertiary alicyclic amines) is 1. The molecule has 140 valence electrons. The minimum absolute atomic E-state index is 0.205. The average molecular weight is 365 g/mol. The minimum atomic E-state index is -0.918.